The van der Waals surface area contributed by atoms with Gasteiger partial charge < -0.3 is 10.4 Å². The van der Waals surface area contributed by atoms with Crippen molar-refractivity contribution >= 4 is 5.97 Å². The quantitative estimate of drug-likeness (QED) is 0.769. The molecule has 2 heterocycles. The molecule has 0 bridgehead atoms. The van der Waals surface area contributed by atoms with Crippen molar-refractivity contribution in [1.29, 1.82) is 0 Å². The van der Waals surface area contributed by atoms with Crippen LogP contribution in [0.25, 0.3) is 11.3 Å². The number of hydrogen-bond donors (Lipinski definition) is 2. The number of aromatic nitrogens is 2. The molecule has 1 aliphatic rings. The van der Waals surface area contributed by atoms with Crippen molar-refractivity contribution in [3.63, 3.8) is 0 Å². The zero-order valence-electron chi connectivity index (χ0n) is 14.0. The average Bonchev–Trinajstić information content (AvgIpc) is 3.17. The van der Waals surface area contributed by atoms with Crippen molar-refractivity contribution < 1.29 is 9.90 Å². The summed E-state index contributed by atoms with van der Waals surface area (Å²) < 4.78 is 2.01. The normalized spacial score (nSPS) is 13.0. The number of nitrogens with zero attached hydrogens (tertiary/aromatic N) is 2. The minimum Gasteiger partial charge on any atom is -0.478 e. The predicted molar refractivity (Wildman–Crippen MR) is 95.4 cm³/mol. The fourth-order valence-electron chi connectivity index (χ4n) is 3.41. The maximum atomic E-state index is 11.2. The Balaban J connectivity index is 1.80. The Bertz CT molecular complexity index is 959. The SMILES string of the molecule is Cc1ccccc1-c1c2c(nn1Cc1cccc(C(=O)O)c1)CNC2. The average molecular weight is 333 g/mol. The van der Waals surface area contributed by atoms with Crippen molar-refractivity contribution in [3.05, 3.63) is 76.5 Å². The van der Waals surface area contributed by atoms with Gasteiger partial charge in [0.2, 0.25) is 0 Å². The minimum atomic E-state index is -0.909. The van der Waals surface area contributed by atoms with E-state index in [4.69, 9.17) is 5.10 Å². The van der Waals surface area contributed by atoms with E-state index in [9.17, 15) is 9.90 Å². The zero-order valence-corrected chi connectivity index (χ0v) is 14.0. The summed E-state index contributed by atoms with van der Waals surface area (Å²) in [4.78, 5) is 11.2. The molecular formula is C20H19N3O2. The zero-order chi connectivity index (χ0) is 17.4. The number of rotatable bonds is 4. The lowest BCUT2D eigenvalue weighted by atomic mass is 10.0. The second-order valence-corrected chi connectivity index (χ2v) is 6.36. The molecule has 0 aliphatic carbocycles. The van der Waals surface area contributed by atoms with Crippen LogP contribution in [0.2, 0.25) is 0 Å². The summed E-state index contributed by atoms with van der Waals surface area (Å²) in [7, 11) is 0. The van der Waals surface area contributed by atoms with Crippen LogP contribution in [0.3, 0.4) is 0 Å². The largest absolute Gasteiger partial charge is 0.478 e. The number of hydrogen-bond acceptors (Lipinski definition) is 3. The summed E-state index contributed by atoms with van der Waals surface area (Å²) in [6, 6.07) is 15.4. The molecule has 0 unspecified atom stereocenters. The molecule has 2 aromatic carbocycles. The fraction of sp³-hybridized carbons (Fsp3) is 0.200. The number of carbonyl (C=O) groups is 1. The van der Waals surface area contributed by atoms with Crippen molar-refractivity contribution in [2.24, 2.45) is 0 Å². The molecule has 25 heavy (non-hydrogen) atoms. The number of fused-ring (bicyclic) bond motifs is 1. The highest BCUT2D eigenvalue weighted by Gasteiger charge is 2.23. The van der Waals surface area contributed by atoms with Gasteiger partial charge in [-0.1, -0.05) is 36.4 Å². The first kappa shape index (κ1) is 15.6. The standard InChI is InChI=1S/C20H19N3O2/c1-13-5-2-3-8-16(13)19-17-10-21-11-18(17)22-23(19)12-14-6-4-7-15(9-14)20(24)25/h2-9,21H,10-12H2,1H3,(H,24,25). The van der Waals surface area contributed by atoms with Crippen LogP contribution in [0.15, 0.2) is 48.5 Å². The molecule has 1 aromatic heterocycles. The Kier molecular flexibility index (Phi) is 3.86. The smallest absolute Gasteiger partial charge is 0.335 e. The summed E-state index contributed by atoms with van der Waals surface area (Å²) >= 11 is 0. The van der Waals surface area contributed by atoms with Crippen LogP contribution in [-0.4, -0.2) is 20.9 Å². The van der Waals surface area contributed by atoms with Crippen LogP contribution >= 0.6 is 0 Å². The number of benzene rings is 2. The van der Waals surface area contributed by atoms with Crippen molar-refractivity contribution in [2.45, 2.75) is 26.6 Å². The van der Waals surface area contributed by atoms with Gasteiger partial charge in [0.1, 0.15) is 0 Å². The molecule has 5 nitrogen and oxygen atoms in total. The van der Waals surface area contributed by atoms with Gasteiger partial charge >= 0.3 is 5.97 Å². The molecule has 0 saturated carbocycles. The number of aryl methyl sites for hydroxylation is 1. The Hall–Kier alpha value is -2.92. The molecule has 4 rings (SSSR count). The third kappa shape index (κ3) is 2.83. The number of nitrogens with one attached hydrogen (secondary N) is 1. The Morgan fingerprint density at radius 2 is 2.04 bits per heavy atom. The Labute approximate surface area is 145 Å². The monoisotopic (exact) mass is 333 g/mol. The molecule has 0 spiro atoms. The van der Waals surface area contributed by atoms with Gasteiger partial charge in [-0.15, -0.1) is 0 Å². The first-order chi connectivity index (χ1) is 12.1. The van der Waals surface area contributed by atoms with Crippen LogP contribution < -0.4 is 5.32 Å². The summed E-state index contributed by atoms with van der Waals surface area (Å²) in [5.41, 5.74) is 7.06. The van der Waals surface area contributed by atoms with E-state index in [1.165, 1.54) is 16.7 Å². The molecule has 1 aliphatic heterocycles. The van der Waals surface area contributed by atoms with E-state index in [1.54, 1.807) is 18.2 Å². The molecule has 2 N–H and O–H groups in total. The van der Waals surface area contributed by atoms with E-state index in [0.29, 0.717) is 12.1 Å². The lowest BCUT2D eigenvalue weighted by Crippen LogP contribution is -2.10. The number of aromatic carboxylic acids is 1. The van der Waals surface area contributed by atoms with Crippen molar-refractivity contribution in [2.75, 3.05) is 0 Å². The Morgan fingerprint density at radius 1 is 1.20 bits per heavy atom. The molecule has 0 saturated heterocycles. The van der Waals surface area contributed by atoms with Crippen LogP contribution in [0.1, 0.15) is 32.7 Å². The lowest BCUT2D eigenvalue weighted by Gasteiger charge is -2.12. The van der Waals surface area contributed by atoms with Gasteiger partial charge in [0.15, 0.2) is 0 Å². The predicted octanol–water partition coefficient (Wildman–Crippen LogP) is 3.21. The Morgan fingerprint density at radius 3 is 2.84 bits per heavy atom. The van der Waals surface area contributed by atoms with E-state index in [0.717, 1.165) is 30.0 Å². The van der Waals surface area contributed by atoms with E-state index in [2.05, 4.69) is 24.4 Å². The molecule has 0 atom stereocenters. The summed E-state index contributed by atoms with van der Waals surface area (Å²) in [6.45, 7) is 4.24. The van der Waals surface area contributed by atoms with Gasteiger partial charge in [-0.2, -0.15) is 5.10 Å². The minimum absolute atomic E-state index is 0.302. The topological polar surface area (TPSA) is 67.2 Å². The lowest BCUT2D eigenvalue weighted by molar-refractivity contribution is 0.0696. The highest BCUT2D eigenvalue weighted by atomic mass is 16.4. The summed E-state index contributed by atoms with van der Waals surface area (Å²) in [5, 5.41) is 17.4. The maximum absolute atomic E-state index is 11.2. The van der Waals surface area contributed by atoms with Gasteiger partial charge in [0, 0.05) is 24.2 Å². The van der Waals surface area contributed by atoms with Crippen LogP contribution in [0, 0.1) is 6.92 Å². The van der Waals surface area contributed by atoms with Gasteiger partial charge in [-0.05, 0) is 30.2 Å². The van der Waals surface area contributed by atoms with Gasteiger partial charge in [-0.3, -0.25) is 4.68 Å². The third-order valence-corrected chi connectivity index (χ3v) is 4.63. The second-order valence-electron chi connectivity index (χ2n) is 6.36. The third-order valence-electron chi connectivity index (χ3n) is 4.63. The van der Waals surface area contributed by atoms with Crippen LogP contribution in [0.5, 0.6) is 0 Å². The molecule has 126 valence electrons. The van der Waals surface area contributed by atoms with Gasteiger partial charge in [0.25, 0.3) is 0 Å². The highest BCUT2D eigenvalue weighted by molar-refractivity contribution is 5.87. The number of carboxylic acid groups (broad SMARTS) is 1. The van der Waals surface area contributed by atoms with E-state index >= 15 is 0 Å². The molecule has 0 radical (unpaired) electrons. The van der Waals surface area contributed by atoms with Crippen LogP contribution in [0.4, 0.5) is 0 Å². The van der Waals surface area contributed by atoms with Crippen molar-refractivity contribution in [3.8, 4) is 11.3 Å². The van der Waals surface area contributed by atoms with Gasteiger partial charge in [-0.25, -0.2) is 4.79 Å². The summed E-state index contributed by atoms with van der Waals surface area (Å²) in [6.07, 6.45) is 0. The summed E-state index contributed by atoms with van der Waals surface area (Å²) in [5.74, 6) is -0.909. The molecular weight excluding hydrogens is 314 g/mol. The first-order valence-corrected chi connectivity index (χ1v) is 8.31. The molecule has 0 fully saturated rings. The van der Waals surface area contributed by atoms with Gasteiger partial charge in [0.05, 0.1) is 23.5 Å². The highest BCUT2D eigenvalue weighted by Crippen LogP contribution is 2.32. The van der Waals surface area contributed by atoms with E-state index in [-0.39, 0.29) is 0 Å². The van der Waals surface area contributed by atoms with Crippen molar-refractivity contribution in [1.82, 2.24) is 15.1 Å². The van der Waals surface area contributed by atoms with E-state index < -0.39 is 5.97 Å². The molecule has 3 aromatic rings. The van der Waals surface area contributed by atoms with E-state index in [1.807, 2.05) is 22.9 Å². The molecule has 5 heteroatoms. The van der Waals surface area contributed by atoms with Crippen LogP contribution in [-0.2, 0) is 19.6 Å². The number of carboxylic acids is 1. The molecule has 0 amide bonds. The maximum Gasteiger partial charge on any atom is 0.335 e. The fourth-order valence-corrected chi connectivity index (χ4v) is 3.41. The second kappa shape index (κ2) is 6.18. The first-order valence-electron chi connectivity index (χ1n) is 8.31.